The van der Waals surface area contributed by atoms with Crippen molar-refractivity contribution in [1.82, 2.24) is 9.88 Å². The maximum Gasteiger partial charge on any atom is 0.573 e. The van der Waals surface area contributed by atoms with E-state index in [-0.39, 0.29) is 17.9 Å². The van der Waals surface area contributed by atoms with Gasteiger partial charge in [0.25, 0.3) is 0 Å². The normalized spacial score (nSPS) is 17.1. The van der Waals surface area contributed by atoms with Crippen LogP contribution in [-0.2, 0) is 11.3 Å². The molecule has 2 heterocycles. The van der Waals surface area contributed by atoms with Gasteiger partial charge in [-0.2, -0.15) is 0 Å². The number of alkyl halides is 3. The van der Waals surface area contributed by atoms with E-state index in [1.54, 1.807) is 44.3 Å². The molecular formula is C22H26F3N3O3. The van der Waals surface area contributed by atoms with Gasteiger partial charge in [0.15, 0.2) is 0 Å². The lowest BCUT2D eigenvalue weighted by Crippen LogP contribution is -2.36. The number of hydrogen-bond donors (Lipinski definition) is 0. The van der Waals surface area contributed by atoms with E-state index in [0.717, 1.165) is 6.42 Å². The molecule has 1 atom stereocenters. The van der Waals surface area contributed by atoms with Gasteiger partial charge in [-0.1, -0.05) is 18.2 Å². The fourth-order valence-electron chi connectivity index (χ4n) is 3.66. The van der Waals surface area contributed by atoms with Crippen LogP contribution in [-0.4, -0.2) is 54.5 Å². The number of pyridine rings is 1. The molecule has 168 valence electrons. The van der Waals surface area contributed by atoms with Crippen LogP contribution >= 0.6 is 0 Å². The first-order valence-electron chi connectivity index (χ1n) is 10.1. The lowest BCUT2D eigenvalue weighted by Gasteiger charge is -2.27. The molecular weight excluding hydrogens is 411 g/mol. The molecule has 1 aromatic heterocycles. The largest absolute Gasteiger partial charge is 0.573 e. The minimum atomic E-state index is -4.73. The first-order valence-corrected chi connectivity index (χ1v) is 10.1. The Morgan fingerprint density at radius 2 is 2.00 bits per heavy atom. The smallest absolute Gasteiger partial charge is 0.459 e. The van der Waals surface area contributed by atoms with Crippen LogP contribution in [0.25, 0.3) is 0 Å². The second-order valence-corrected chi connectivity index (χ2v) is 7.77. The van der Waals surface area contributed by atoms with Gasteiger partial charge < -0.3 is 14.4 Å². The highest BCUT2D eigenvalue weighted by Crippen LogP contribution is 2.29. The van der Waals surface area contributed by atoms with Crippen molar-refractivity contribution in [3.05, 3.63) is 53.7 Å². The van der Waals surface area contributed by atoms with Crippen LogP contribution in [0.4, 0.5) is 19.0 Å². The SMILES string of the molecule is CC(C)OC(=O)c1cccnc1N(C)[C@@H]1CCN(Cc2ccccc2OC(F)(F)F)C1. The van der Waals surface area contributed by atoms with Gasteiger partial charge in [-0.3, -0.25) is 4.90 Å². The minimum absolute atomic E-state index is 0.0520. The second kappa shape index (κ2) is 9.55. The molecule has 0 unspecified atom stereocenters. The summed E-state index contributed by atoms with van der Waals surface area (Å²) in [5.41, 5.74) is 0.864. The van der Waals surface area contributed by atoms with Crippen LogP contribution < -0.4 is 9.64 Å². The van der Waals surface area contributed by atoms with Crippen molar-refractivity contribution in [1.29, 1.82) is 0 Å². The van der Waals surface area contributed by atoms with Crippen molar-refractivity contribution >= 4 is 11.8 Å². The number of ether oxygens (including phenoxy) is 2. The van der Waals surface area contributed by atoms with Crippen LogP contribution in [0.2, 0.25) is 0 Å². The van der Waals surface area contributed by atoms with Gasteiger partial charge in [0.05, 0.1) is 6.10 Å². The van der Waals surface area contributed by atoms with Crippen LogP contribution in [0.5, 0.6) is 5.75 Å². The lowest BCUT2D eigenvalue weighted by molar-refractivity contribution is -0.275. The maximum absolute atomic E-state index is 12.7. The third-order valence-electron chi connectivity index (χ3n) is 5.07. The molecule has 1 aromatic carbocycles. The monoisotopic (exact) mass is 437 g/mol. The molecule has 0 amide bonds. The number of nitrogens with zero attached hydrogens (tertiary/aromatic N) is 3. The molecule has 0 saturated carbocycles. The van der Waals surface area contributed by atoms with Gasteiger partial charge in [0.2, 0.25) is 0 Å². The van der Waals surface area contributed by atoms with E-state index in [1.807, 2.05) is 11.9 Å². The summed E-state index contributed by atoms with van der Waals surface area (Å²) in [6.07, 6.45) is -2.57. The van der Waals surface area contributed by atoms with Crippen LogP contribution in [0, 0.1) is 0 Å². The van der Waals surface area contributed by atoms with Crippen molar-refractivity contribution in [3.63, 3.8) is 0 Å². The topological polar surface area (TPSA) is 54.9 Å². The number of para-hydroxylation sites is 1. The second-order valence-electron chi connectivity index (χ2n) is 7.77. The average Bonchev–Trinajstić information content (AvgIpc) is 3.16. The maximum atomic E-state index is 12.7. The number of likely N-dealkylation sites (tertiary alicyclic amines) is 1. The Morgan fingerprint density at radius 3 is 2.71 bits per heavy atom. The van der Waals surface area contributed by atoms with E-state index in [9.17, 15) is 18.0 Å². The van der Waals surface area contributed by atoms with E-state index < -0.39 is 12.3 Å². The molecule has 0 N–H and O–H groups in total. The van der Waals surface area contributed by atoms with E-state index in [1.165, 1.54) is 12.1 Å². The number of anilines is 1. The lowest BCUT2D eigenvalue weighted by atomic mass is 10.2. The van der Waals surface area contributed by atoms with Gasteiger partial charge in [-0.25, -0.2) is 9.78 Å². The highest BCUT2D eigenvalue weighted by Gasteiger charge is 2.33. The molecule has 1 aliphatic rings. The fourth-order valence-corrected chi connectivity index (χ4v) is 3.66. The molecule has 0 spiro atoms. The first kappa shape index (κ1) is 22.9. The van der Waals surface area contributed by atoms with Gasteiger partial charge in [-0.15, -0.1) is 13.2 Å². The molecule has 2 aromatic rings. The molecule has 0 bridgehead atoms. The number of carbonyl (C=O) groups excluding carboxylic acids is 1. The molecule has 1 fully saturated rings. The summed E-state index contributed by atoms with van der Waals surface area (Å²) in [6, 6.07) is 9.59. The zero-order chi connectivity index (χ0) is 22.6. The van der Waals surface area contributed by atoms with Gasteiger partial charge in [-0.05, 0) is 38.5 Å². The number of carbonyl (C=O) groups is 1. The first-order chi connectivity index (χ1) is 14.6. The molecule has 0 aliphatic carbocycles. The number of likely N-dealkylation sites (N-methyl/N-ethyl adjacent to an activating group) is 1. The van der Waals surface area contributed by atoms with Gasteiger partial charge >= 0.3 is 12.3 Å². The highest BCUT2D eigenvalue weighted by atomic mass is 19.4. The Balaban J connectivity index is 1.69. The summed E-state index contributed by atoms with van der Waals surface area (Å²) in [5, 5.41) is 0. The van der Waals surface area contributed by atoms with Crippen molar-refractivity contribution in [2.75, 3.05) is 25.0 Å². The predicted molar refractivity (Wildman–Crippen MR) is 110 cm³/mol. The summed E-state index contributed by atoms with van der Waals surface area (Å²) in [4.78, 5) is 20.8. The Hall–Kier alpha value is -2.81. The van der Waals surface area contributed by atoms with Gasteiger partial charge in [0, 0.05) is 44.5 Å². The number of benzene rings is 1. The Morgan fingerprint density at radius 1 is 1.26 bits per heavy atom. The zero-order valence-electron chi connectivity index (χ0n) is 17.7. The van der Waals surface area contributed by atoms with Crippen molar-refractivity contribution in [2.24, 2.45) is 0 Å². The van der Waals surface area contributed by atoms with Crippen molar-refractivity contribution < 1.29 is 27.4 Å². The fraction of sp³-hybridized carbons (Fsp3) is 0.455. The van der Waals surface area contributed by atoms with Crippen LogP contribution in [0.1, 0.15) is 36.2 Å². The Kier molecular flexibility index (Phi) is 7.04. The summed E-state index contributed by atoms with van der Waals surface area (Å²) in [6.45, 7) is 5.22. The number of hydrogen-bond acceptors (Lipinski definition) is 6. The number of rotatable bonds is 7. The summed E-state index contributed by atoms with van der Waals surface area (Å²) in [7, 11) is 1.86. The van der Waals surface area contributed by atoms with Gasteiger partial charge in [0.1, 0.15) is 17.1 Å². The third-order valence-corrected chi connectivity index (χ3v) is 5.07. The minimum Gasteiger partial charge on any atom is -0.459 e. The summed E-state index contributed by atoms with van der Waals surface area (Å²) >= 11 is 0. The summed E-state index contributed by atoms with van der Waals surface area (Å²) in [5.74, 6) is -0.0888. The molecule has 31 heavy (non-hydrogen) atoms. The quantitative estimate of drug-likeness (QED) is 0.604. The van der Waals surface area contributed by atoms with E-state index in [4.69, 9.17) is 4.74 Å². The van der Waals surface area contributed by atoms with E-state index in [2.05, 4.69) is 14.6 Å². The number of esters is 1. The molecule has 6 nitrogen and oxygen atoms in total. The Bertz CT molecular complexity index is 905. The molecule has 9 heteroatoms. The number of aromatic nitrogens is 1. The molecule has 1 aliphatic heterocycles. The predicted octanol–water partition coefficient (Wildman–Crippen LogP) is 4.26. The average molecular weight is 437 g/mol. The van der Waals surface area contributed by atoms with Crippen LogP contribution in [0.3, 0.4) is 0 Å². The summed E-state index contributed by atoms with van der Waals surface area (Å²) < 4.78 is 47.5. The molecule has 0 radical (unpaired) electrons. The Labute approximate surface area is 179 Å². The number of halogens is 3. The van der Waals surface area contributed by atoms with Crippen molar-refractivity contribution in [3.8, 4) is 5.75 Å². The third kappa shape index (κ3) is 6.10. The van der Waals surface area contributed by atoms with Crippen molar-refractivity contribution in [2.45, 2.75) is 45.3 Å². The van der Waals surface area contributed by atoms with Crippen LogP contribution in [0.15, 0.2) is 42.6 Å². The highest BCUT2D eigenvalue weighted by molar-refractivity contribution is 5.94. The standard InChI is InChI=1S/C22H26F3N3O3/c1-15(2)30-21(29)18-8-6-11-26-20(18)27(3)17-10-12-28(14-17)13-16-7-4-5-9-19(16)31-22(23,24)25/h4-9,11,15,17H,10,12-14H2,1-3H3/t17-/m1/s1. The molecule has 1 saturated heterocycles. The zero-order valence-corrected chi connectivity index (χ0v) is 17.7. The van der Waals surface area contributed by atoms with E-state index >= 15 is 0 Å². The molecule has 3 rings (SSSR count). The van der Waals surface area contributed by atoms with E-state index in [0.29, 0.717) is 36.6 Å².